The lowest BCUT2D eigenvalue weighted by molar-refractivity contribution is -0.121. The molecule has 25 heavy (non-hydrogen) atoms. The Morgan fingerprint density at radius 3 is 2.40 bits per heavy atom. The normalized spacial score (nSPS) is 16.1. The van der Waals surface area contributed by atoms with Gasteiger partial charge in [-0.2, -0.15) is 0 Å². The van der Waals surface area contributed by atoms with E-state index in [4.69, 9.17) is 4.74 Å². The van der Waals surface area contributed by atoms with Gasteiger partial charge in [0.15, 0.2) is 0 Å². The predicted octanol–water partition coefficient (Wildman–Crippen LogP) is 2.31. The fourth-order valence-corrected chi connectivity index (χ4v) is 3.11. The summed E-state index contributed by atoms with van der Waals surface area (Å²) in [6.45, 7) is 10.4. The Morgan fingerprint density at radius 1 is 1.20 bits per heavy atom. The molecule has 2 N–H and O–H groups in total. The van der Waals surface area contributed by atoms with Crippen LogP contribution < -0.4 is 15.5 Å². The third-order valence-corrected chi connectivity index (χ3v) is 4.73. The second kappa shape index (κ2) is 9.20. The zero-order valence-electron chi connectivity index (χ0n) is 16.1. The SMILES string of the molecule is COCCNCC(=O)NC1CCN(c2ccc(C(C)(C)C)cc2)CC1. The minimum atomic E-state index is 0.0732. The van der Waals surface area contributed by atoms with E-state index in [9.17, 15) is 4.79 Å². The number of methoxy groups -OCH3 is 1. The van der Waals surface area contributed by atoms with Crippen LogP contribution in [0.3, 0.4) is 0 Å². The van der Waals surface area contributed by atoms with Crippen LogP contribution in [0, 0.1) is 0 Å². The average Bonchev–Trinajstić information content (AvgIpc) is 2.59. The molecule has 0 unspecified atom stereocenters. The second-order valence-corrected chi connectivity index (χ2v) is 7.80. The highest BCUT2D eigenvalue weighted by atomic mass is 16.5. The summed E-state index contributed by atoms with van der Waals surface area (Å²) in [5, 5.41) is 6.21. The molecule has 0 saturated carbocycles. The molecule has 0 radical (unpaired) electrons. The number of hydrogen-bond acceptors (Lipinski definition) is 4. The molecule has 5 heteroatoms. The molecule has 1 heterocycles. The Hall–Kier alpha value is -1.59. The molecule has 1 aliphatic rings. The summed E-state index contributed by atoms with van der Waals surface area (Å²) in [7, 11) is 1.66. The fraction of sp³-hybridized carbons (Fsp3) is 0.650. The van der Waals surface area contributed by atoms with E-state index in [0.717, 1.165) is 25.9 Å². The van der Waals surface area contributed by atoms with Crippen molar-refractivity contribution in [3.63, 3.8) is 0 Å². The summed E-state index contributed by atoms with van der Waals surface area (Å²) in [5.74, 6) is 0.0732. The Bertz CT molecular complexity index is 529. The maximum atomic E-state index is 11.9. The van der Waals surface area contributed by atoms with Crippen molar-refractivity contribution in [2.24, 2.45) is 0 Å². The second-order valence-electron chi connectivity index (χ2n) is 7.80. The molecule has 5 nitrogen and oxygen atoms in total. The van der Waals surface area contributed by atoms with Gasteiger partial charge in [0.1, 0.15) is 0 Å². The number of ether oxygens (including phenoxy) is 1. The number of carbonyl (C=O) groups excluding carboxylic acids is 1. The minimum Gasteiger partial charge on any atom is -0.383 e. The van der Waals surface area contributed by atoms with Crippen molar-refractivity contribution in [1.82, 2.24) is 10.6 Å². The zero-order valence-corrected chi connectivity index (χ0v) is 16.1. The maximum absolute atomic E-state index is 11.9. The molecule has 1 fully saturated rings. The van der Waals surface area contributed by atoms with Gasteiger partial charge in [-0.3, -0.25) is 4.79 Å². The molecule has 0 aliphatic carbocycles. The molecule has 1 amide bonds. The first-order valence-electron chi connectivity index (χ1n) is 9.24. The van der Waals surface area contributed by atoms with Gasteiger partial charge in [0, 0.05) is 38.5 Å². The van der Waals surface area contributed by atoms with Crippen LogP contribution in [-0.4, -0.2) is 51.8 Å². The Balaban J connectivity index is 1.75. The lowest BCUT2D eigenvalue weighted by Crippen LogP contribution is -2.47. The number of amides is 1. The van der Waals surface area contributed by atoms with Gasteiger partial charge in [0.2, 0.25) is 5.91 Å². The van der Waals surface area contributed by atoms with Crippen molar-refractivity contribution in [3.8, 4) is 0 Å². The van der Waals surface area contributed by atoms with Crippen molar-refractivity contribution in [1.29, 1.82) is 0 Å². The van der Waals surface area contributed by atoms with Gasteiger partial charge in [-0.25, -0.2) is 0 Å². The summed E-state index contributed by atoms with van der Waals surface area (Å²) in [4.78, 5) is 14.3. The highest BCUT2D eigenvalue weighted by Gasteiger charge is 2.21. The first-order chi connectivity index (χ1) is 11.9. The number of benzene rings is 1. The van der Waals surface area contributed by atoms with E-state index in [1.54, 1.807) is 7.11 Å². The molecule has 2 rings (SSSR count). The van der Waals surface area contributed by atoms with E-state index in [0.29, 0.717) is 19.7 Å². The molecule has 0 bridgehead atoms. The quantitative estimate of drug-likeness (QED) is 0.743. The van der Waals surface area contributed by atoms with Gasteiger partial charge in [-0.15, -0.1) is 0 Å². The zero-order chi connectivity index (χ0) is 18.3. The molecule has 1 aromatic carbocycles. The summed E-state index contributed by atoms with van der Waals surface area (Å²) >= 11 is 0. The summed E-state index contributed by atoms with van der Waals surface area (Å²) in [5.41, 5.74) is 2.82. The van der Waals surface area contributed by atoms with Crippen molar-refractivity contribution in [2.75, 3.05) is 44.8 Å². The van der Waals surface area contributed by atoms with Crippen LogP contribution in [-0.2, 0) is 14.9 Å². The Labute approximate surface area is 152 Å². The van der Waals surface area contributed by atoms with Crippen LogP contribution in [0.15, 0.2) is 24.3 Å². The van der Waals surface area contributed by atoms with Gasteiger partial charge in [-0.05, 0) is 36.0 Å². The van der Waals surface area contributed by atoms with Crippen LogP contribution >= 0.6 is 0 Å². The van der Waals surface area contributed by atoms with Crippen LogP contribution in [0.5, 0.6) is 0 Å². The topological polar surface area (TPSA) is 53.6 Å². The van der Waals surface area contributed by atoms with E-state index >= 15 is 0 Å². The Kier molecular flexibility index (Phi) is 7.26. The number of piperidine rings is 1. The molecule has 0 aromatic heterocycles. The molecular weight excluding hydrogens is 314 g/mol. The molecule has 0 atom stereocenters. The van der Waals surface area contributed by atoms with Crippen molar-refractivity contribution < 1.29 is 9.53 Å². The van der Waals surface area contributed by atoms with Gasteiger partial charge in [-0.1, -0.05) is 32.9 Å². The maximum Gasteiger partial charge on any atom is 0.234 e. The summed E-state index contributed by atoms with van der Waals surface area (Å²) in [6.07, 6.45) is 1.98. The fourth-order valence-electron chi connectivity index (χ4n) is 3.11. The number of hydrogen-bond donors (Lipinski definition) is 2. The van der Waals surface area contributed by atoms with E-state index in [1.165, 1.54) is 11.3 Å². The van der Waals surface area contributed by atoms with Crippen molar-refractivity contribution in [3.05, 3.63) is 29.8 Å². The largest absolute Gasteiger partial charge is 0.383 e. The van der Waals surface area contributed by atoms with Gasteiger partial charge < -0.3 is 20.3 Å². The molecule has 1 aliphatic heterocycles. The number of anilines is 1. The average molecular weight is 348 g/mol. The molecule has 0 spiro atoms. The van der Waals surface area contributed by atoms with Gasteiger partial charge in [0.25, 0.3) is 0 Å². The highest BCUT2D eigenvalue weighted by molar-refractivity contribution is 5.78. The van der Waals surface area contributed by atoms with Crippen molar-refractivity contribution >= 4 is 11.6 Å². The molecular formula is C20H33N3O2. The van der Waals surface area contributed by atoms with Crippen LogP contribution in [0.2, 0.25) is 0 Å². The van der Waals surface area contributed by atoms with Crippen LogP contribution in [0.25, 0.3) is 0 Å². The van der Waals surface area contributed by atoms with Crippen molar-refractivity contribution in [2.45, 2.75) is 45.1 Å². The highest BCUT2D eigenvalue weighted by Crippen LogP contribution is 2.26. The van der Waals surface area contributed by atoms with E-state index in [1.807, 2.05) is 0 Å². The van der Waals surface area contributed by atoms with Gasteiger partial charge >= 0.3 is 0 Å². The van der Waals surface area contributed by atoms with E-state index in [2.05, 4.69) is 60.6 Å². The number of carbonyl (C=O) groups is 1. The molecule has 1 saturated heterocycles. The third kappa shape index (κ3) is 6.33. The van der Waals surface area contributed by atoms with Gasteiger partial charge in [0.05, 0.1) is 13.2 Å². The summed E-state index contributed by atoms with van der Waals surface area (Å²) in [6, 6.07) is 9.18. The number of nitrogens with one attached hydrogen (secondary N) is 2. The molecule has 1 aromatic rings. The summed E-state index contributed by atoms with van der Waals surface area (Å²) < 4.78 is 4.95. The smallest absolute Gasteiger partial charge is 0.234 e. The predicted molar refractivity (Wildman–Crippen MR) is 103 cm³/mol. The monoisotopic (exact) mass is 347 g/mol. The number of nitrogens with zero attached hydrogens (tertiary/aromatic N) is 1. The van der Waals surface area contributed by atoms with E-state index < -0.39 is 0 Å². The lowest BCUT2D eigenvalue weighted by atomic mass is 9.87. The lowest BCUT2D eigenvalue weighted by Gasteiger charge is -2.34. The first-order valence-corrected chi connectivity index (χ1v) is 9.24. The molecule has 140 valence electrons. The Morgan fingerprint density at radius 2 is 1.84 bits per heavy atom. The first kappa shape index (κ1) is 19.7. The minimum absolute atomic E-state index is 0.0732. The standard InChI is InChI=1S/C20H33N3O2/c1-20(2,3)16-5-7-18(8-6-16)23-12-9-17(10-13-23)22-19(24)15-21-11-14-25-4/h5-8,17,21H,9-15H2,1-4H3,(H,22,24). The van der Waals surface area contributed by atoms with E-state index in [-0.39, 0.29) is 17.4 Å². The van der Waals surface area contributed by atoms with Crippen LogP contribution in [0.1, 0.15) is 39.2 Å². The third-order valence-electron chi connectivity index (χ3n) is 4.73. The van der Waals surface area contributed by atoms with Crippen LogP contribution in [0.4, 0.5) is 5.69 Å². The number of rotatable bonds is 7.